The van der Waals surface area contributed by atoms with E-state index in [1.54, 1.807) is 0 Å². The number of rotatable bonds is 1. The Labute approximate surface area is 80.3 Å². The fourth-order valence-corrected chi connectivity index (χ4v) is 0. The number of carboxylic acid groups (broad SMARTS) is 1. The number of halogens is 1. The summed E-state index contributed by atoms with van der Waals surface area (Å²) in [5.41, 5.74) is 0. The minimum atomic E-state index is -1.53. The second-order valence-electron chi connectivity index (χ2n) is 1.24. The standard InChI is InChI=1S/C3H5ClO2S.Na/c1-3(4,7)2(5)6;/h7H,1H3,(H,5,6);/q;+1/p-1. The summed E-state index contributed by atoms with van der Waals surface area (Å²) in [4.78, 5) is 9.70. The summed E-state index contributed by atoms with van der Waals surface area (Å²) < 4.78 is -1.53. The average Bonchev–Trinajstić information content (AvgIpc) is 1.31. The first-order valence-electron chi connectivity index (χ1n) is 1.57. The molecule has 0 spiro atoms. The Kier molecular flexibility index (Phi) is 5.94. The Hall–Kier alpha value is 1.11. The summed E-state index contributed by atoms with van der Waals surface area (Å²) >= 11 is 8.52. The van der Waals surface area contributed by atoms with E-state index in [9.17, 15) is 9.90 Å². The zero-order valence-electron chi connectivity index (χ0n) is 4.64. The number of alkyl halides is 1. The van der Waals surface area contributed by atoms with E-state index >= 15 is 0 Å². The number of carbonyl (C=O) groups is 1. The number of hydrogen-bond donors (Lipinski definition) is 1. The van der Waals surface area contributed by atoms with Gasteiger partial charge in [0, 0.05) is 0 Å². The van der Waals surface area contributed by atoms with Crippen LogP contribution < -0.4 is 34.7 Å². The van der Waals surface area contributed by atoms with Crippen molar-refractivity contribution in [1.82, 2.24) is 0 Å². The minimum Gasteiger partial charge on any atom is -0.547 e. The Morgan fingerprint density at radius 2 is 2.00 bits per heavy atom. The first-order valence-corrected chi connectivity index (χ1v) is 2.40. The molecule has 1 unspecified atom stereocenters. The van der Waals surface area contributed by atoms with Gasteiger partial charge >= 0.3 is 29.6 Å². The Morgan fingerprint density at radius 1 is 1.88 bits per heavy atom. The second-order valence-corrected chi connectivity index (χ2v) is 3.15. The van der Waals surface area contributed by atoms with Gasteiger partial charge in [0.05, 0.1) is 5.97 Å². The molecule has 5 heteroatoms. The molecule has 0 rings (SSSR count). The molecule has 0 aliphatic carbocycles. The molecule has 42 valence electrons. The van der Waals surface area contributed by atoms with Gasteiger partial charge in [-0.25, -0.2) is 0 Å². The van der Waals surface area contributed by atoms with Crippen LogP contribution in [-0.4, -0.2) is 10.2 Å². The van der Waals surface area contributed by atoms with E-state index in [0.29, 0.717) is 0 Å². The van der Waals surface area contributed by atoms with Crippen molar-refractivity contribution in [1.29, 1.82) is 0 Å². The maximum Gasteiger partial charge on any atom is 1.00 e. The number of aliphatic carboxylic acids is 1. The first kappa shape index (κ1) is 11.9. The number of thiol groups is 1. The molecule has 0 aromatic heterocycles. The smallest absolute Gasteiger partial charge is 0.547 e. The summed E-state index contributed by atoms with van der Waals surface area (Å²) in [6.07, 6.45) is 0. The maximum absolute atomic E-state index is 9.70. The van der Waals surface area contributed by atoms with Crippen molar-refractivity contribution in [3.05, 3.63) is 0 Å². The summed E-state index contributed by atoms with van der Waals surface area (Å²) in [7, 11) is 0. The molecule has 2 nitrogen and oxygen atoms in total. The van der Waals surface area contributed by atoms with Gasteiger partial charge in [0.25, 0.3) is 0 Å². The van der Waals surface area contributed by atoms with E-state index in [0.717, 1.165) is 0 Å². The molecule has 0 radical (unpaired) electrons. The molecule has 0 N–H and O–H groups in total. The van der Waals surface area contributed by atoms with Crippen molar-refractivity contribution in [3.8, 4) is 0 Å². The molecule has 0 bridgehead atoms. The van der Waals surface area contributed by atoms with E-state index in [1.165, 1.54) is 6.92 Å². The molecule has 0 aromatic rings. The van der Waals surface area contributed by atoms with Crippen molar-refractivity contribution < 1.29 is 39.5 Å². The predicted molar refractivity (Wildman–Crippen MR) is 28.3 cm³/mol. The predicted octanol–water partition coefficient (Wildman–Crippen LogP) is -3.37. The molecule has 8 heavy (non-hydrogen) atoms. The summed E-state index contributed by atoms with van der Waals surface area (Å²) in [6, 6.07) is 0. The van der Waals surface area contributed by atoms with Gasteiger partial charge < -0.3 is 9.90 Å². The summed E-state index contributed by atoms with van der Waals surface area (Å²) in [5.74, 6) is -1.38. The number of hydrogen-bond acceptors (Lipinski definition) is 3. The molecule has 0 aliphatic rings. The molecule has 0 saturated heterocycles. The maximum atomic E-state index is 9.70. The van der Waals surface area contributed by atoms with Crippen LogP contribution in [-0.2, 0) is 4.79 Å². The third kappa shape index (κ3) is 5.25. The van der Waals surface area contributed by atoms with E-state index in [1.807, 2.05) is 0 Å². The molecule has 0 heterocycles. The molecular weight excluding hydrogens is 159 g/mol. The first-order chi connectivity index (χ1) is 2.94. The van der Waals surface area contributed by atoms with Crippen LogP contribution in [0.15, 0.2) is 0 Å². The van der Waals surface area contributed by atoms with Crippen LogP contribution in [0.1, 0.15) is 6.92 Å². The Bertz CT molecular complexity index is 89.8. The Morgan fingerprint density at radius 3 is 2.00 bits per heavy atom. The normalized spacial score (nSPS) is 15.9. The van der Waals surface area contributed by atoms with Crippen molar-refractivity contribution in [2.75, 3.05) is 0 Å². The van der Waals surface area contributed by atoms with Gasteiger partial charge in [0.15, 0.2) is 0 Å². The van der Waals surface area contributed by atoms with E-state index in [-0.39, 0.29) is 29.6 Å². The molecule has 0 fully saturated rings. The van der Waals surface area contributed by atoms with Gasteiger partial charge in [0.2, 0.25) is 0 Å². The van der Waals surface area contributed by atoms with E-state index in [2.05, 4.69) is 12.6 Å². The van der Waals surface area contributed by atoms with Crippen molar-refractivity contribution in [3.63, 3.8) is 0 Å². The van der Waals surface area contributed by atoms with Crippen molar-refractivity contribution in [2.24, 2.45) is 0 Å². The molecule has 0 aliphatic heterocycles. The molecule has 0 aromatic carbocycles. The SMILES string of the molecule is CC(S)(Cl)C(=O)[O-].[Na+]. The summed E-state index contributed by atoms with van der Waals surface area (Å²) in [6.45, 7) is 1.23. The molecule has 0 amide bonds. The van der Waals surface area contributed by atoms with Crippen LogP contribution in [0.25, 0.3) is 0 Å². The van der Waals surface area contributed by atoms with E-state index < -0.39 is 10.2 Å². The van der Waals surface area contributed by atoms with Crippen LogP contribution in [0.2, 0.25) is 0 Å². The second kappa shape index (κ2) is 4.01. The van der Waals surface area contributed by atoms with Gasteiger partial charge in [-0.1, -0.05) is 0 Å². The average molecular weight is 163 g/mol. The van der Waals surface area contributed by atoms with Crippen LogP contribution in [0, 0.1) is 0 Å². The molecule has 1 atom stereocenters. The van der Waals surface area contributed by atoms with Crippen molar-refractivity contribution >= 4 is 30.2 Å². The fraction of sp³-hybridized carbons (Fsp3) is 0.667. The minimum absolute atomic E-state index is 0. The van der Waals surface area contributed by atoms with Crippen LogP contribution in [0.4, 0.5) is 0 Å². The van der Waals surface area contributed by atoms with Gasteiger partial charge in [0.1, 0.15) is 4.21 Å². The largest absolute Gasteiger partial charge is 1.00 e. The molecular formula is C3H4ClNaO2S. The topological polar surface area (TPSA) is 40.1 Å². The zero-order valence-corrected chi connectivity index (χ0v) is 8.29. The summed E-state index contributed by atoms with van der Waals surface area (Å²) in [5, 5.41) is 9.70. The fourth-order valence-electron chi connectivity index (χ4n) is 0. The molecule has 0 saturated carbocycles. The monoisotopic (exact) mass is 162 g/mol. The number of carboxylic acids is 1. The van der Waals surface area contributed by atoms with E-state index in [4.69, 9.17) is 11.6 Å². The quantitative estimate of drug-likeness (QED) is 0.248. The van der Waals surface area contributed by atoms with Crippen molar-refractivity contribution in [2.45, 2.75) is 11.1 Å². The van der Waals surface area contributed by atoms with Crippen LogP contribution in [0.5, 0.6) is 0 Å². The third-order valence-corrected chi connectivity index (χ3v) is 0.709. The number of carbonyl (C=O) groups excluding carboxylic acids is 1. The van der Waals surface area contributed by atoms with Crippen LogP contribution >= 0.6 is 24.2 Å². The van der Waals surface area contributed by atoms with Gasteiger partial charge in [-0.3, -0.25) is 0 Å². The zero-order chi connectivity index (χ0) is 6.08. The van der Waals surface area contributed by atoms with Gasteiger partial charge in [-0.15, -0.1) is 11.6 Å². The Balaban J connectivity index is 0. The van der Waals surface area contributed by atoms with Gasteiger partial charge in [-0.2, -0.15) is 12.6 Å². The van der Waals surface area contributed by atoms with Gasteiger partial charge in [-0.05, 0) is 6.92 Å². The van der Waals surface area contributed by atoms with Crippen LogP contribution in [0.3, 0.4) is 0 Å². The third-order valence-electron chi connectivity index (χ3n) is 0.373.